The number of fused-ring (bicyclic) bond motifs is 1. The summed E-state index contributed by atoms with van der Waals surface area (Å²) >= 11 is 0. The number of piperazine rings is 1. The summed E-state index contributed by atoms with van der Waals surface area (Å²) in [5, 5.41) is 9.87. The summed E-state index contributed by atoms with van der Waals surface area (Å²) in [5.74, 6) is -1.47. The fraction of sp³-hybridized carbons (Fsp3) is 0.385. The van der Waals surface area contributed by atoms with Gasteiger partial charge in [-0.1, -0.05) is 55.1 Å². The van der Waals surface area contributed by atoms with Crippen LogP contribution in [0, 0.1) is 0 Å². The number of alkyl halides is 3. The molecule has 0 aliphatic carbocycles. The Kier molecular flexibility index (Phi) is 12.4. The largest absolute Gasteiger partial charge is 0.433 e. The highest BCUT2D eigenvalue weighted by atomic mass is 19.4. The van der Waals surface area contributed by atoms with Gasteiger partial charge in [-0.15, -0.1) is 0 Å². The molecular weight excluding hydrogens is 715 g/mol. The number of nitrogens with zero attached hydrogens (tertiary/aromatic N) is 7. The predicted octanol–water partition coefficient (Wildman–Crippen LogP) is 3.83. The van der Waals surface area contributed by atoms with E-state index < -0.39 is 35.6 Å². The van der Waals surface area contributed by atoms with E-state index in [2.05, 4.69) is 42.1 Å². The maximum Gasteiger partial charge on any atom is 0.433 e. The van der Waals surface area contributed by atoms with Gasteiger partial charge in [0.05, 0.1) is 37.2 Å². The van der Waals surface area contributed by atoms with Gasteiger partial charge in [0.1, 0.15) is 17.6 Å². The van der Waals surface area contributed by atoms with Crippen molar-refractivity contribution < 1.29 is 32.3 Å². The molecule has 1 unspecified atom stereocenters. The number of hydrogen-bond acceptors (Lipinski definition) is 9. The molecule has 7 rings (SSSR count). The molecule has 4 aromatic rings. The van der Waals surface area contributed by atoms with Gasteiger partial charge in [0.2, 0.25) is 11.7 Å². The van der Waals surface area contributed by atoms with Crippen molar-refractivity contribution in [2.45, 2.75) is 44.6 Å². The zero-order chi connectivity index (χ0) is 39.1. The highest BCUT2D eigenvalue weighted by molar-refractivity contribution is 6.03. The number of halogens is 3. The molecule has 0 bridgehead atoms. The van der Waals surface area contributed by atoms with Crippen molar-refractivity contribution in [3.8, 4) is 5.69 Å². The lowest BCUT2D eigenvalue weighted by atomic mass is 10.0. The van der Waals surface area contributed by atoms with E-state index in [0.717, 1.165) is 62.4 Å². The Balaban J connectivity index is 0.000000193. The molecule has 290 valence electrons. The molecular formula is C39H44F3N9O4. The van der Waals surface area contributed by atoms with Crippen molar-refractivity contribution >= 4 is 23.5 Å². The monoisotopic (exact) mass is 759 g/mol. The quantitative estimate of drug-likeness (QED) is 0.231. The smallest absolute Gasteiger partial charge is 0.378 e. The zero-order valence-corrected chi connectivity index (χ0v) is 30.7. The summed E-state index contributed by atoms with van der Waals surface area (Å²) in [6.07, 6.45) is -2.11. The van der Waals surface area contributed by atoms with Crippen LogP contribution >= 0.6 is 0 Å². The van der Waals surface area contributed by atoms with E-state index in [0.29, 0.717) is 36.6 Å². The molecule has 2 N–H and O–H groups in total. The molecule has 3 aliphatic heterocycles. The first-order valence-corrected chi connectivity index (χ1v) is 18.2. The highest BCUT2D eigenvalue weighted by Crippen LogP contribution is 2.31. The number of aromatic nitrogens is 4. The summed E-state index contributed by atoms with van der Waals surface area (Å²) in [4.78, 5) is 51.0. The molecule has 13 nitrogen and oxygen atoms in total. The van der Waals surface area contributed by atoms with E-state index >= 15 is 0 Å². The van der Waals surface area contributed by atoms with Crippen LogP contribution in [0.1, 0.15) is 47.3 Å². The number of anilines is 1. The molecule has 2 aromatic carbocycles. The predicted molar refractivity (Wildman–Crippen MR) is 198 cm³/mol. The lowest BCUT2D eigenvalue weighted by Crippen LogP contribution is -2.56. The number of ether oxygens (including phenoxy) is 1. The summed E-state index contributed by atoms with van der Waals surface area (Å²) in [6.45, 7) is 14.5. The van der Waals surface area contributed by atoms with Gasteiger partial charge in [-0.25, -0.2) is 14.6 Å². The number of hydrogen-bond donors (Lipinski definition) is 2. The number of nitrogens with one attached hydrogen (secondary N) is 2. The van der Waals surface area contributed by atoms with Gasteiger partial charge in [-0.2, -0.15) is 18.3 Å². The average molecular weight is 760 g/mol. The lowest BCUT2D eigenvalue weighted by Gasteiger charge is -2.42. The van der Waals surface area contributed by atoms with Gasteiger partial charge in [0, 0.05) is 63.0 Å². The number of likely N-dealkylation sites (N-methyl/N-ethyl adjacent to an activating group) is 1. The summed E-state index contributed by atoms with van der Waals surface area (Å²) in [6, 6.07) is 19.6. The van der Waals surface area contributed by atoms with Crippen LogP contribution < -0.4 is 15.5 Å². The first kappa shape index (κ1) is 39.2. The van der Waals surface area contributed by atoms with Crippen molar-refractivity contribution in [3.63, 3.8) is 0 Å². The second-order valence-electron chi connectivity index (χ2n) is 13.5. The van der Waals surface area contributed by atoms with Crippen LogP contribution in [-0.4, -0.2) is 112 Å². The summed E-state index contributed by atoms with van der Waals surface area (Å²) in [5.41, 5.74) is 2.01. The maximum atomic E-state index is 13.0. The Morgan fingerprint density at radius 2 is 1.67 bits per heavy atom. The van der Waals surface area contributed by atoms with Crippen molar-refractivity contribution in [3.05, 3.63) is 114 Å². The fourth-order valence-electron chi connectivity index (χ4n) is 6.62. The van der Waals surface area contributed by atoms with Crippen molar-refractivity contribution in [2.24, 2.45) is 0 Å². The molecule has 5 heterocycles. The normalized spacial score (nSPS) is 18.3. The molecule has 3 amide bonds. The Morgan fingerprint density at radius 3 is 2.29 bits per heavy atom. The van der Waals surface area contributed by atoms with Crippen molar-refractivity contribution in [1.29, 1.82) is 0 Å². The van der Waals surface area contributed by atoms with Crippen LogP contribution in [0.4, 0.5) is 19.0 Å². The van der Waals surface area contributed by atoms with E-state index in [1.54, 1.807) is 17.8 Å². The van der Waals surface area contributed by atoms with Crippen LogP contribution in [0.2, 0.25) is 0 Å². The SMILES string of the molecule is C=C(CN1CCN(C2COC2)CC1)C(=O)N[C@@H](C)c1ccccc1.CCN1C(=O)C(NC(=O)c2nccc(C(F)(F)F)n2)Cc2cnn(-c3ccccc3)c21. The number of carbonyl (C=O) groups is 3. The third kappa shape index (κ3) is 9.44. The number of rotatable bonds is 10. The third-order valence-electron chi connectivity index (χ3n) is 9.76. The molecule has 2 saturated heterocycles. The minimum atomic E-state index is -4.71. The lowest BCUT2D eigenvalue weighted by molar-refractivity contribution is -0.141. The van der Waals surface area contributed by atoms with E-state index in [-0.39, 0.29) is 18.4 Å². The molecule has 16 heteroatoms. The fourth-order valence-corrected chi connectivity index (χ4v) is 6.62. The van der Waals surface area contributed by atoms with Gasteiger partial charge >= 0.3 is 6.18 Å². The summed E-state index contributed by atoms with van der Waals surface area (Å²) < 4.78 is 45.5. The van der Waals surface area contributed by atoms with Crippen molar-refractivity contribution in [1.82, 2.24) is 40.2 Å². The highest BCUT2D eigenvalue weighted by Gasteiger charge is 2.38. The van der Waals surface area contributed by atoms with Crippen LogP contribution in [0.5, 0.6) is 0 Å². The molecule has 2 fully saturated rings. The third-order valence-corrected chi connectivity index (χ3v) is 9.76. The van der Waals surface area contributed by atoms with Gasteiger partial charge in [0.15, 0.2) is 0 Å². The number of para-hydroxylation sites is 1. The Labute approximate surface area is 317 Å². The van der Waals surface area contributed by atoms with Crippen LogP contribution in [0.25, 0.3) is 5.69 Å². The van der Waals surface area contributed by atoms with E-state index in [9.17, 15) is 27.6 Å². The molecule has 3 aliphatic rings. The van der Waals surface area contributed by atoms with Crippen molar-refractivity contribution in [2.75, 3.05) is 57.4 Å². The first-order chi connectivity index (χ1) is 26.4. The molecule has 2 aromatic heterocycles. The standard InChI is InChI=1S/C20H17F3N6O2.C19H27N3O2/c1-2-28-18-12(11-25-29(18)13-6-4-3-5-7-13)10-14(19(28)31)26-17(30)16-24-9-8-15(27-16)20(21,22)23;1-15(19(23)20-16(2)17-6-4-3-5-7-17)12-21-8-10-22(11-9-21)18-13-24-14-18/h3-9,11,14H,2,10H2,1H3,(H,26,30);3-7,16,18H,1,8-14H2,2H3,(H,20,23)/t;16-/m.0/s1. The van der Waals surface area contributed by atoms with Gasteiger partial charge in [-0.3, -0.25) is 29.1 Å². The molecule has 0 spiro atoms. The maximum absolute atomic E-state index is 13.0. The second kappa shape index (κ2) is 17.3. The Hall–Kier alpha value is -5.45. The Bertz CT molecular complexity index is 1960. The van der Waals surface area contributed by atoms with Gasteiger partial charge in [-0.05, 0) is 37.6 Å². The minimum Gasteiger partial charge on any atom is -0.378 e. The van der Waals surface area contributed by atoms with Crippen LogP contribution in [0.3, 0.4) is 0 Å². The van der Waals surface area contributed by atoms with Crippen LogP contribution in [0.15, 0.2) is 91.3 Å². The average Bonchev–Trinajstić information content (AvgIpc) is 3.59. The van der Waals surface area contributed by atoms with E-state index in [1.165, 1.54) is 4.90 Å². The molecule has 0 radical (unpaired) electrons. The number of benzene rings is 2. The minimum absolute atomic E-state index is 0.00841. The van der Waals surface area contributed by atoms with E-state index in [4.69, 9.17) is 4.74 Å². The number of amides is 3. The molecule has 0 saturated carbocycles. The first-order valence-electron chi connectivity index (χ1n) is 18.2. The topological polar surface area (TPSA) is 138 Å². The van der Waals surface area contributed by atoms with E-state index in [1.807, 2.05) is 67.6 Å². The zero-order valence-electron chi connectivity index (χ0n) is 30.7. The van der Waals surface area contributed by atoms with Gasteiger partial charge in [0.25, 0.3) is 11.8 Å². The van der Waals surface area contributed by atoms with Crippen LogP contribution in [-0.2, 0) is 26.9 Å². The molecule has 2 atom stereocenters. The second-order valence-corrected chi connectivity index (χ2v) is 13.5. The summed E-state index contributed by atoms with van der Waals surface area (Å²) in [7, 11) is 0. The number of carbonyl (C=O) groups excluding carboxylic acids is 3. The van der Waals surface area contributed by atoms with Gasteiger partial charge < -0.3 is 15.4 Å². The molecule has 55 heavy (non-hydrogen) atoms. The Morgan fingerprint density at radius 1 is 1.00 bits per heavy atom.